The Morgan fingerprint density at radius 3 is 3.12 bits per heavy atom. The van der Waals surface area contributed by atoms with Gasteiger partial charge < -0.3 is 14.6 Å². The Hall–Kier alpha value is -2.67. The Morgan fingerprint density at radius 1 is 1.36 bits per heavy atom. The highest BCUT2D eigenvalue weighted by Crippen LogP contribution is 2.24. The van der Waals surface area contributed by atoms with E-state index in [0.29, 0.717) is 6.04 Å². The Labute approximate surface area is 146 Å². The first-order valence-electron chi connectivity index (χ1n) is 8.64. The molecule has 0 aromatic carbocycles. The van der Waals surface area contributed by atoms with Crippen molar-refractivity contribution in [3.05, 3.63) is 48.0 Å². The molecule has 0 saturated carbocycles. The van der Waals surface area contributed by atoms with E-state index in [1.54, 1.807) is 6.20 Å². The Morgan fingerprint density at radius 2 is 2.32 bits per heavy atom. The highest BCUT2D eigenvalue weighted by Gasteiger charge is 2.21. The van der Waals surface area contributed by atoms with Crippen LogP contribution in [0.1, 0.15) is 24.2 Å². The van der Waals surface area contributed by atoms with Gasteiger partial charge in [0, 0.05) is 37.4 Å². The number of rotatable bonds is 5. The van der Waals surface area contributed by atoms with Crippen LogP contribution in [0.5, 0.6) is 0 Å². The minimum atomic E-state index is 0.414. The zero-order chi connectivity index (χ0) is 17.1. The van der Waals surface area contributed by atoms with Crippen LogP contribution in [0.2, 0.25) is 0 Å². The van der Waals surface area contributed by atoms with Crippen LogP contribution in [0.3, 0.4) is 0 Å². The van der Waals surface area contributed by atoms with E-state index in [2.05, 4.69) is 30.6 Å². The van der Waals surface area contributed by atoms with Crippen LogP contribution < -0.4 is 10.2 Å². The molecule has 1 unspecified atom stereocenters. The first-order valence-corrected chi connectivity index (χ1v) is 8.64. The summed E-state index contributed by atoms with van der Waals surface area (Å²) in [7, 11) is 0. The molecule has 1 atom stereocenters. The van der Waals surface area contributed by atoms with Crippen molar-refractivity contribution in [2.45, 2.75) is 32.4 Å². The molecule has 7 nitrogen and oxygen atoms in total. The van der Waals surface area contributed by atoms with Crippen molar-refractivity contribution >= 4 is 5.82 Å². The normalized spacial score (nSPS) is 17.8. The van der Waals surface area contributed by atoms with Crippen molar-refractivity contribution in [2.24, 2.45) is 0 Å². The highest BCUT2D eigenvalue weighted by molar-refractivity contribution is 5.56. The lowest BCUT2D eigenvalue weighted by Crippen LogP contribution is -2.45. The molecule has 130 valence electrons. The SMILES string of the molecule is Cc1ccc(-c2[nH]ncc2CNC2CCCN(c3cccnn3)C2)o1. The van der Waals surface area contributed by atoms with E-state index in [1.807, 2.05) is 37.4 Å². The molecule has 1 saturated heterocycles. The van der Waals surface area contributed by atoms with Crippen molar-refractivity contribution in [3.63, 3.8) is 0 Å². The van der Waals surface area contributed by atoms with E-state index < -0.39 is 0 Å². The zero-order valence-electron chi connectivity index (χ0n) is 14.3. The van der Waals surface area contributed by atoms with Gasteiger partial charge in [-0.3, -0.25) is 5.10 Å². The summed E-state index contributed by atoms with van der Waals surface area (Å²) < 4.78 is 5.71. The van der Waals surface area contributed by atoms with Gasteiger partial charge in [0.1, 0.15) is 11.5 Å². The number of H-pyrrole nitrogens is 1. The van der Waals surface area contributed by atoms with Gasteiger partial charge in [-0.05, 0) is 44.0 Å². The van der Waals surface area contributed by atoms with Gasteiger partial charge in [0.05, 0.1) is 6.20 Å². The molecule has 4 rings (SSSR count). The number of furan rings is 1. The lowest BCUT2D eigenvalue weighted by molar-refractivity contribution is 0.419. The molecule has 0 spiro atoms. The number of nitrogens with one attached hydrogen (secondary N) is 2. The molecule has 1 aliphatic heterocycles. The van der Waals surface area contributed by atoms with Crippen LogP contribution in [0.4, 0.5) is 5.82 Å². The summed E-state index contributed by atoms with van der Waals surface area (Å²) in [6, 6.07) is 8.30. The molecule has 0 amide bonds. The second-order valence-electron chi connectivity index (χ2n) is 6.43. The number of aromatic nitrogens is 4. The van der Waals surface area contributed by atoms with Crippen molar-refractivity contribution in [1.29, 1.82) is 0 Å². The molecule has 0 radical (unpaired) electrons. The van der Waals surface area contributed by atoms with Crippen LogP contribution in [0.15, 0.2) is 41.1 Å². The maximum Gasteiger partial charge on any atom is 0.152 e. The number of aryl methyl sites for hydroxylation is 1. The fraction of sp³-hybridized carbons (Fsp3) is 0.389. The largest absolute Gasteiger partial charge is 0.460 e. The zero-order valence-corrected chi connectivity index (χ0v) is 14.3. The summed E-state index contributed by atoms with van der Waals surface area (Å²) in [5, 5.41) is 19.1. The molecule has 7 heteroatoms. The number of piperidine rings is 1. The number of hydrogen-bond acceptors (Lipinski definition) is 6. The topological polar surface area (TPSA) is 82.9 Å². The van der Waals surface area contributed by atoms with E-state index in [4.69, 9.17) is 4.42 Å². The minimum Gasteiger partial charge on any atom is -0.460 e. The van der Waals surface area contributed by atoms with Gasteiger partial charge in [-0.1, -0.05) is 0 Å². The molecule has 2 N–H and O–H groups in total. The van der Waals surface area contributed by atoms with E-state index in [9.17, 15) is 0 Å². The minimum absolute atomic E-state index is 0.414. The summed E-state index contributed by atoms with van der Waals surface area (Å²) in [6.45, 7) is 4.66. The van der Waals surface area contributed by atoms with Crippen molar-refractivity contribution in [1.82, 2.24) is 25.7 Å². The average molecular weight is 338 g/mol. The third-order valence-corrected chi connectivity index (χ3v) is 4.59. The second kappa shape index (κ2) is 7.06. The van der Waals surface area contributed by atoms with Gasteiger partial charge in [0.2, 0.25) is 0 Å². The Balaban J connectivity index is 1.40. The predicted octanol–water partition coefficient (Wildman–Crippen LogP) is 2.53. The fourth-order valence-electron chi connectivity index (χ4n) is 3.30. The molecule has 1 fully saturated rings. The van der Waals surface area contributed by atoms with Crippen LogP contribution in [0.25, 0.3) is 11.5 Å². The standard InChI is InChI=1S/C18H22N6O/c1-13-6-7-16(25-13)18-14(11-21-23-18)10-19-15-4-3-9-24(12-15)17-5-2-8-20-22-17/h2,5-8,11,15,19H,3-4,9-10,12H2,1H3,(H,21,23). The quantitative estimate of drug-likeness (QED) is 0.744. The maximum absolute atomic E-state index is 5.71. The average Bonchev–Trinajstić information content (AvgIpc) is 3.29. The van der Waals surface area contributed by atoms with Crippen LogP contribution >= 0.6 is 0 Å². The monoisotopic (exact) mass is 338 g/mol. The molecule has 4 heterocycles. The summed E-state index contributed by atoms with van der Waals surface area (Å²) in [6.07, 6.45) is 5.87. The van der Waals surface area contributed by atoms with Crippen LogP contribution in [0, 0.1) is 6.92 Å². The van der Waals surface area contributed by atoms with E-state index >= 15 is 0 Å². The molecule has 0 bridgehead atoms. The number of nitrogens with zero attached hydrogens (tertiary/aromatic N) is 4. The van der Waals surface area contributed by atoms with Gasteiger partial charge in [0.15, 0.2) is 11.6 Å². The van der Waals surface area contributed by atoms with Gasteiger partial charge in [-0.2, -0.15) is 10.2 Å². The van der Waals surface area contributed by atoms with E-state index in [0.717, 1.165) is 61.1 Å². The van der Waals surface area contributed by atoms with Crippen LogP contribution in [-0.2, 0) is 6.54 Å². The molecular weight excluding hydrogens is 316 g/mol. The Bertz CT molecular complexity index is 812. The van der Waals surface area contributed by atoms with Gasteiger partial charge in [0.25, 0.3) is 0 Å². The fourth-order valence-corrected chi connectivity index (χ4v) is 3.30. The van der Waals surface area contributed by atoms with Gasteiger partial charge in [-0.15, -0.1) is 5.10 Å². The summed E-state index contributed by atoms with van der Waals surface area (Å²) in [5.74, 6) is 2.68. The summed E-state index contributed by atoms with van der Waals surface area (Å²) in [5.41, 5.74) is 2.06. The first kappa shape index (κ1) is 15.8. The summed E-state index contributed by atoms with van der Waals surface area (Å²) >= 11 is 0. The van der Waals surface area contributed by atoms with Crippen molar-refractivity contribution in [2.75, 3.05) is 18.0 Å². The van der Waals surface area contributed by atoms with Crippen molar-refractivity contribution in [3.8, 4) is 11.5 Å². The molecule has 25 heavy (non-hydrogen) atoms. The number of anilines is 1. The van der Waals surface area contributed by atoms with E-state index in [-0.39, 0.29) is 0 Å². The van der Waals surface area contributed by atoms with Crippen LogP contribution in [-0.4, -0.2) is 39.5 Å². The van der Waals surface area contributed by atoms with E-state index in [1.165, 1.54) is 0 Å². The Kier molecular flexibility index (Phi) is 4.47. The lowest BCUT2D eigenvalue weighted by atomic mass is 10.1. The molecule has 3 aromatic rings. The molecule has 1 aliphatic rings. The summed E-state index contributed by atoms with van der Waals surface area (Å²) in [4.78, 5) is 2.29. The maximum atomic E-state index is 5.71. The first-order chi connectivity index (χ1) is 12.3. The number of hydrogen-bond donors (Lipinski definition) is 2. The van der Waals surface area contributed by atoms with Gasteiger partial charge >= 0.3 is 0 Å². The molecule has 3 aromatic heterocycles. The molecular formula is C18H22N6O. The third kappa shape index (κ3) is 3.56. The number of aromatic amines is 1. The predicted molar refractivity (Wildman–Crippen MR) is 95.1 cm³/mol. The highest BCUT2D eigenvalue weighted by atomic mass is 16.3. The third-order valence-electron chi connectivity index (χ3n) is 4.59. The second-order valence-corrected chi connectivity index (χ2v) is 6.43. The smallest absolute Gasteiger partial charge is 0.152 e. The van der Waals surface area contributed by atoms with Crippen molar-refractivity contribution < 1.29 is 4.42 Å². The molecule has 0 aliphatic carbocycles. The van der Waals surface area contributed by atoms with Gasteiger partial charge in [-0.25, -0.2) is 0 Å². The lowest BCUT2D eigenvalue weighted by Gasteiger charge is -2.33.